The fourth-order valence-corrected chi connectivity index (χ4v) is 2.76. The number of hydrogen-bond donors (Lipinski definition) is 2. The van der Waals surface area contributed by atoms with Crippen LogP contribution in [0.25, 0.3) is 0 Å². The summed E-state index contributed by atoms with van der Waals surface area (Å²) in [6.07, 6.45) is 0. The maximum atomic E-state index is 11.3. The number of nitrogens with two attached hydrogens (primary N) is 1. The Balaban J connectivity index is 2.92. The van der Waals surface area contributed by atoms with E-state index in [9.17, 15) is 18.0 Å². The van der Waals surface area contributed by atoms with E-state index in [1.54, 1.807) is 13.8 Å². The average Bonchev–Trinajstić information content (AvgIpc) is 2.28. The molecule has 110 valence electrons. The van der Waals surface area contributed by atoms with Crippen molar-refractivity contribution in [2.45, 2.75) is 18.7 Å². The molecule has 9 heteroatoms. The Morgan fingerprint density at radius 3 is 2.40 bits per heavy atom. The lowest BCUT2D eigenvalue weighted by Crippen LogP contribution is -2.38. The van der Waals surface area contributed by atoms with Gasteiger partial charge in [-0.2, -0.15) is 0 Å². The molecule has 7 nitrogen and oxygen atoms in total. The highest BCUT2D eigenvalue weighted by Crippen LogP contribution is 2.28. The number of carbonyl (C=O) groups is 2. The topological polar surface area (TPSA) is 116 Å². The number of nitrogens with one attached hydrogen (secondary N) is 1. The predicted molar refractivity (Wildman–Crippen MR) is 72.2 cm³/mol. The van der Waals surface area contributed by atoms with Crippen molar-refractivity contribution in [1.82, 2.24) is 5.32 Å². The lowest BCUT2D eigenvalue weighted by Gasteiger charge is -2.12. The molecule has 0 bridgehead atoms. The standard InChI is InChI=1S/C11H13ClN2O5S/c1-6-7(2)9(20(12,17)18)4-3-8(6)19-5-10(15)14-11(13)16/h3-4H,5H2,1-2H3,(H3,13,14,15,16). The Morgan fingerprint density at radius 2 is 1.90 bits per heavy atom. The molecular formula is C11H13ClN2O5S. The van der Waals surface area contributed by atoms with Crippen LogP contribution in [0.4, 0.5) is 4.79 Å². The van der Waals surface area contributed by atoms with E-state index < -0.39 is 27.6 Å². The first-order valence-electron chi connectivity index (χ1n) is 5.40. The quantitative estimate of drug-likeness (QED) is 0.796. The van der Waals surface area contributed by atoms with Crippen LogP contribution in [-0.2, 0) is 13.8 Å². The molecule has 3 N–H and O–H groups in total. The van der Waals surface area contributed by atoms with Gasteiger partial charge in [0.15, 0.2) is 6.61 Å². The molecule has 0 aliphatic heterocycles. The third kappa shape index (κ3) is 4.10. The zero-order valence-electron chi connectivity index (χ0n) is 10.8. The normalized spacial score (nSPS) is 10.9. The van der Waals surface area contributed by atoms with Gasteiger partial charge >= 0.3 is 6.03 Å². The summed E-state index contributed by atoms with van der Waals surface area (Å²) >= 11 is 0. The first-order valence-corrected chi connectivity index (χ1v) is 7.71. The van der Waals surface area contributed by atoms with E-state index in [0.717, 1.165) is 0 Å². The van der Waals surface area contributed by atoms with Gasteiger partial charge in [-0.3, -0.25) is 10.1 Å². The van der Waals surface area contributed by atoms with Crippen molar-refractivity contribution in [2.24, 2.45) is 5.73 Å². The van der Waals surface area contributed by atoms with Crippen molar-refractivity contribution < 1.29 is 22.7 Å². The van der Waals surface area contributed by atoms with Gasteiger partial charge in [-0.15, -0.1) is 0 Å². The van der Waals surface area contributed by atoms with Gasteiger partial charge in [-0.05, 0) is 37.1 Å². The number of halogens is 1. The Morgan fingerprint density at radius 1 is 1.30 bits per heavy atom. The van der Waals surface area contributed by atoms with E-state index >= 15 is 0 Å². The highest BCUT2D eigenvalue weighted by molar-refractivity contribution is 8.13. The summed E-state index contributed by atoms with van der Waals surface area (Å²) < 4.78 is 27.8. The van der Waals surface area contributed by atoms with Crippen molar-refractivity contribution >= 4 is 31.7 Å². The summed E-state index contributed by atoms with van der Waals surface area (Å²) in [5.41, 5.74) is 5.73. The van der Waals surface area contributed by atoms with E-state index in [1.807, 2.05) is 5.32 Å². The Kier molecular flexibility index (Phi) is 4.96. The monoisotopic (exact) mass is 320 g/mol. The largest absolute Gasteiger partial charge is 0.483 e. The van der Waals surface area contributed by atoms with Crippen molar-refractivity contribution in [3.63, 3.8) is 0 Å². The molecular weight excluding hydrogens is 308 g/mol. The molecule has 0 radical (unpaired) electrons. The molecule has 1 aromatic rings. The molecule has 20 heavy (non-hydrogen) atoms. The van der Waals surface area contributed by atoms with Gasteiger partial charge in [-0.1, -0.05) is 0 Å². The minimum atomic E-state index is -3.84. The fourth-order valence-electron chi connectivity index (χ4n) is 1.51. The Labute approximate surface area is 120 Å². The van der Waals surface area contributed by atoms with Crippen LogP contribution < -0.4 is 15.8 Å². The minimum absolute atomic E-state index is 0.0226. The van der Waals surface area contributed by atoms with Gasteiger partial charge in [0.05, 0.1) is 4.90 Å². The number of rotatable bonds is 4. The van der Waals surface area contributed by atoms with Gasteiger partial charge in [0, 0.05) is 10.7 Å². The average molecular weight is 321 g/mol. The minimum Gasteiger partial charge on any atom is -0.483 e. The number of urea groups is 1. The maximum Gasteiger partial charge on any atom is 0.318 e. The van der Waals surface area contributed by atoms with E-state index in [4.69, 9.17) is 21.2 Å². The highest BCUT2D eigenvalue weighted by Gasteiger charge is 2.17. The Bertz CT molecular complexity index is 657. The molecule has 0 unspecified atom stereocenters. The molecule has 0 fully saturated rings. The first kappa shape index (κ1) is 16.3. The van der Waals surface area contributed by atoms with E-state index in [1.165, 1.54) is 12.1 Å². The van der Waals surface area contributed by atoms with Crippen LogP contribution in [0, 0.1) is 13.8 Å². The van der Waals surface area contributed by atoms with Gasteiger partial charge in [0.1, 0.15) is 5.75 Å². The van der Waals surface area contributed by atoms with E-state index in [0.29, 0.717) is 16.9 Å². The molecule has 0 saturated carbocycles. The van der Waals surface area contributed by atoms with Crippen molar-refractivity contribution in [2.75, 3.05) is 6.61 Å². The van der Waals surface area contributed by atoms with Crippen molar-refractivity contribution in [3.05, 3.63) is 23.3 Å². The van der Waals surface area contributed by atoms with Crippen LogP contribution in [0.5, 0.6) is 5.75 Å². The lowest BCUT2D eigenvalue weighted by atomic mass is 10.1. The molecule has 0 aliphatic rings. The summed E-state index contributed by atoms with van der Waals surface area (Å²) in [6, 6.07) is 1.69. The fraction of sp³-hybridized carbons (Fsp3) is 0.273. The number of carbonyl (C=O) groups excluding carboxylic acids is 2. The molecule has 0 aliphatic carbocycles. The summed E-state index contributed by atoms with van der Waals surface area (Å²) in [7, 11) is 1.45. The van der Waals surface area contributed by atoms with Gasteiger partial charge in [-0.25, -0.2) is 13.2 Å². The van der Waals surface area contributed by atoms with Gasteiger partial charge in [0.2, 0.25) is 0 Å². The molecule has 1 rings (SSSR count). The van der Waals surface area contributed by atoms with Gasteiger partial charge < -0.3 is 10.5 Å². The van der Waals surface area contributed by atoms with Crippen LogP contribution in [0.15, 0.2) is 17.0 Å². The number of ether oxygens (including phenoxy) is 1. The second kappa shape index (κ2) is 6.10. The molecule has 0 saturated heterocycles. The third-order valence-electron chi connectivity index (χ3n) is 2.57. The molecule has 1 aromatic carbocycles. The maximum absolute atomic E-state index is 11.3. The van der Waals surface area contributed by atoms with Crippen LogP contribution >= 0.6 is 10.7 Å². The SMILES string of the molecule is Cc1c(OCC(=O)NC(N)=O)ccc(S(=O)(=O)Cl)c1C. The molecule has 3 amide bonds. The summed E-state index contributed by atoms with van der Waals surface area (Å²) in [6.45, 7) is 2.78. The van der Waals surface area contributed by atoms with Crippen LogP contribution in [-0.4, -0.2) is 27.0 Å². The molecule has 0 heterocycles. The zero-order chi connectivity index (χ0) is 15.5. The first-order chi connectivity index (χ1) is 9.12. The lowest BCUT2D eigenvalue weighted by molar-refractivity contribution is -0.121. The number of amides is 3. The molecule has 0 atom stereocenters. The summed E-state index contributed by atoms with van der Waals surface area (Å²) in [5, 5.41) is 1.84. The summed E-state index contributed by atoms with van der Waals surface area (Å²) in [5.74, 6) is -0.394. The number of benzene rings is 1. The van der Waals surface area contributed by atoms with Crippen molar-refractivity contribution in [1.29, 1.82) is 0 Å². The second-order valence-electron chi connectivity index (χ2n) is 3.95. The number of primary amides is 1. The van der Waals surface area contributed by atoms with Crippen molar-refractivity contribution in [3.8, 4) is 5.75 Å². The van der Waals surface area contributed by atoms with E-state index in [2.05, 4.69) is 0 Å². The third-order valence-corrected chi connectivity index (χ3v) is 4.04. The Hall–Kier alpha value is -1.80. The molecule has 0 spiro atoms. The molecule has 0 aromatic heterocycles. The van der Waals surface area contributed by atoms with Gasteiger partial charge in [0.25, 0.3) is 15.0 Å². The number of imide groups is 1. The van der Waals surface area contributed by atoms with Crippen LogP contribution in [0.1, 0.15) is 11.1 Å². The smallest absolute Gasteiger partial charge is 0.318 e. The predicted octanol–water partition coefficient (Wildman–Crippen LogP) is 0.805. The zero-order valence-corrected chi connectivity index (χ0v) is 12.3. The summed E-state index contributed by atoms with van der Waals surface area (Å²) in [4.78, 5) is 21.6. The second-order valence-corrected chi connectivity index (χ2v) is 6.49. The van der Waals surface area contributed by atoms with Crippen LogP contribution in [0.3, 0.4) is 0 Å². The number of hydrogen-bond acceptors (Lipinski definition) is 5. The highest BCUT2D eigenvalue weighted by atomic mass is 35.7. The van der Waals surface area contributed by atoms with E-state index in [-0.39, 0.29) is 4.90 Å². The van der Waals surface area contributed by atoms with Crippen LogP contribution in [0.2, 0.25) is 0 Å².